The molecule has 0 spiro atoms. The van der Waals surface area contributed by atoms with Crippen LogP contribution in [0.4, 0.5) is 0 Å². The van der Waals surface area contributed by atoms with Gasteiger partial charge in [-0.2, -0.15) is 0 Å². The van der Waals surface area contributed by atoms with E-state index >= 15 is 0 Å². The molecule has 29 heavy (non-hydrogen) atoms. The summed E-state index contributed by atoms with van der Waals surface area (Å²) in [5, 5.41) is 0.728. The molecule has 0 bridgehead atoms. The fraction of sp³-hybridized carbons (Fsp3) is 0.435. The molecule has 0 saturated heterocycles. The largest absolute Gasteiger partial charge is 0.334 e. The van der Waals surface area contributed by atoms with Gasteiger partial charge in [-0.1, -0.05) is 37.3 Å². The molecule has 0 N–H and O–H groups in total. The lowest BCUT2D eigenvalue weighted by atomic mass is 9.89. The highest BCUT2D eigenvalue weighted by molar-refractivity contribution is 7.18. The van der Waals surface area contributed by atoms with Crippen LogP contribution in [0, 0.1) is 5.92 Å². The van der Waals surface area contributed by atoms with Crippen molar-refractivity contribution in [3.63, 3.8) is 0 Å². The third kappa shape index (κ3) is 3.99. The smallest absolute Gasteiger partial charge is 0.262 e. The number of aryl methyl sites for hydroxylation is 1. The highest BCUT2D eigenvalue weighted by Gasteiger charge is 2.24. The van der Waals surface area contributed by atoms with E-state index in [0.717, 1.165) is 40.6 Å². The van der Waals surface area contributed by atoms with E-state index in [2.05, 4.69) is 11.9 Å². The van der Waals surface area contributed by atoms with Crippen molar-refractivity contribution in [3.05, 3.63) is 63.0 Å². The van der Waals surface area contributed by atoms with Crippen molar-refractivity contribution in [3.8, 4) is 0 Å². The van der Waals surface area contributed by atoms with Gasteiger partial charge in [0.2, 0.25) is 5.91 Å². The summed E-state index contributed by atoms with van der Waals surface area (Å²) in [5.41, 5.74) is 2.16. The van der Waals surface area contributed by atoms with Crippen molar-refractivity contribution in [1.29, 1.82) is 0 Å². The summed E-state index contributed by atoms with van der Waals surface area (Å²) >= 11 is 1.64. The molecule has 1 aromatic carbocycles. The predicted octanol–water partition coefficient (Wildman–Crippen LogP) is 4.02. The lowest BCUT2D eigenvalue weighted by molar-refractivity contribution is -0.134. The highest BCUT2D eigenvalue weighted by atomic mass is 32.1. The molecule has 0 radical (unpaired) electrons. The van der Waals surface area contributed by atoms with Crippen LogP contribution >= 0.6 is 11.3 Å². The van der Waals surface area contributed by atoms with Gasteiger partial charge in [0.05, 0.1) is 11.7 Å². The van der Waals surface area contributed by atoms with E-state index in [1.807, 2.05) is 49.1 Å². The topological polar surface area (TPSA) is 55.2 Å². The van der Waals surface area contributed by atoms with E-state index in [1.54, 1.807) is 11.3 Å². The summed E-state index contributed by atoms with van der Waals surface area (Å²) < 4.78 is 1.48. The van der Waals surface area contributed by atoms with Crippen molar-refractivity contribution in [2.24, 2.45) is 5.92 Å². The van der Waals surface area contributed by atoms with Gasteiger partial charge in [-0.05, 0) is 50.2 Å². The number of carbonyl (C=O) groups is 1. The molecule has 5 nitrogen and oxygen atoms in total. The number of carbonyl (C=O) groups excluding carboxylic acids is 1. The molecule has 2 aromatic heterocycles. The number of fused-ring (bicyclic) bond motifs is 3. The van der Waals surface area contributed by atoms with Crippen LogP contribution in [-0.4, -0.2) is 26.4 Å². The monoisotopic (exact) mass is 409 g/mol. The second kappa shape index (κ2) is 8.11. The number of benzene rings is 1. The average molecular weight is 410 g/mol. The third-order valence-corrected chi connectivity index (χ3v) is 6.89. The SMILES string of the molecule is CC(C)N(Cc1ccccc1)C(=O)Cn1cnc2sc3c(c2c1=O)CC[C@H](C)C3. The summed E-state index contributed by atoms with van der Waals surface area (Å²) in [6.45, 7) is 6.81. The van der Waals surface area contributed by atoms with Crippen molar-refractivity contribution >= 4 is 27.5 Å². The van der Waals surface area contributed by atoms with Crippen LogP contribution in [0.3, 0.4) is 0 Å². The third-order valence-electron chi connectivity index (χ3n) is 5.73. The number of thiophene rings is 1. The van der Waals surface area contributed by atoms with Gasteiger partial charge in [-0.25, -0.2) is 4.98 Å². The first-order valence-corrected chi connectivity index (χ1v) is 11.1. The number of rotatable bonds is 5. The Bertz CT molecular complexity index is 1080. The minimum Gasteiger partial charge on any atom is -0.334 e. The summed E-state index contributed by atoms with van der Waals surface area (Å²) in [6, 6.07) is 9.99. The fourth-order valence-electron chi connectivity index (χ4n) is 4.05. The maximum absolute atomic E-state index is 13.2. The van der Waals surface area contributed by atoms with Crippen molar-refractivity contribution in [2.45, 2.75) is 59.2 Å². The minimum absolute atomic E-state index is 0.0216. The first-order chi connectivity index (χ1) is 13.9. The van der Waals surface area contributed by atoms with E-state index in [9.17, 15) is 9.59 Å². The summed E-state index contributed by atoms with van der Waals surface area (Å²) in [7, 11) is 0. The quantitative estimate of drug-likeness (QED) is 0.640. The Balaban J connectivity index is 1.62. The molecule has 6 heteroatoms. The molecule has 2 heterocycles. The maximum atomic E-state index is 13.2. The zero-order valence-corrected chi connectivity index (χ0v) is 18.0. The average Bonchev–Trinajstić information content (AvgIpc) is 3.07. The molecule has 3 aromatic rings. The molecule has 0 aliphatic heterocycles. The maximum Gasteiger partial charge on any atom is 0.262 e. The molecule has 0 fully saturated rings. The van der Waals surface area contributed by atoms with E-state index < -0.39 is 0 Å². The molecule has 1 atom stereocenters. The fourth-order valence-corrected chi connectivity index (χ4v) is 5.40. The normalized spacial score (nSPS) is 16.2. The first kappa shape index (κ1) is 19.8. The summed E-state index contributed by atoms with van der Waals surface area (Å²) in [6.07, 6.45) is 4.59. The molecular weight excluding hydrogens is 382 g/mol. The van der Waals surface area contributed by atoms with Crippen LogP contribution in [0.15, 0.2) is 41.5 Å². The van der Waals surface area contributed by atoms with Gasteiger partial charge in [0.25, 0.3) is 5.56 Å². The molecule has 1 aliphatic carbocycles. The van der Waals surface area contributed by atoms with Crippen LogP contribution in [0.1, 0.15) is 43.2 Å². The van der Waals surface area contributed by atoms with Gasteiger partial charge in [0, 0.05) is 17.5 Å². The second-order valence-corrected chi connectivity index (χ2v) is 9.39. The second-order valence-electron chi connectivity index (χ2n) is 8.31. The van der Waals surface area contributed by atoms with Crippen molar-refractivity contribution in [1.82, 2.24) is 14.5 Å². The Labute approximate surface area is 175 Å². The number of amides is 1. The van der Waals surface area contributed by atoms with Gasteiger partial charge in [0.1, 0.15) is 11.4 Å². The van der Waals surface area contributed by atoms with E-state index in [4.69, 9.17) is 0 Å². The molecule has 1 amide bonds. The number of aromatic nitrogens is 2. The molecule has 152 valence electrons. The Hall–Kier alpha value is -2.47. The molecular formula is C23H27N3O2S. The molecule has 0 saturated carbocycles. The Morgan fingerprint density at radius 3 is 2.79 bits per heavy atom. The summed E-state index contributed by atoms with van der Waals surface area (Å²) in [4.78, 5) is 34.7. The standard InChI is InChI=1S/C23H27N3O2S/c1-15(2)26(12-17-7-5-4-6-8-17)20(27)13-25-14-24-22-21(23(25)28)18-10-9-16(3)11-19(18)29-22/h4-8,14-16H,9-13H2,1-3H3/t16-/m0/s1. The zero-order chi connectivity index (χ0) is 20.5. The molecule has 1 aliphatic rings. The highest BCUT2D eigenvalue weighted by Crippen LogP contribution is 2.35. The lowest BCUT2D eigenvalue weighted by Crippen LogP contribution is -2.40. The van der Waals surface area contributed by atoms with E-state index in [0.29, 0.717) is 12.5 Å². The van der Waals surface area contributed by atoms with Crippen LogP contribution < -0.4 is 5.56 Å². The predicted molar refractivity (Wildman–Crippen MR) is 117 cm³/mol. The van der Waals surface area contributed by atoms with Gasteiger partial charge >= 0.3 is 0 Å². The Morgan fingerprint density at radius 1 is 1.31 bits per heavy atom. The number of nitrogens with zero attached hydrogens (tertiary/aromatic N) is 3. The van der Waals surface area contributed by atoms with Gasteiger partial charge in [-0.15, -0.1) is 11.3 Å². The molecule has 4 rings (SSSR count). The van der Waals surface area contributed by atoms with Crippen molar-refractivity contribution in [2.75, 3.05) is 0 Å². The van der Waals surface area contributed by atoms with Crippen LogP contribution in [0.2, 0.25) is 0 Å². The minimum atomic E-state index is -0.0844. The Morgan fingerprint density at radius 2 is 2.07 bits per heavy atom. The van der Waals surface area contributed by atoms with E-state index in [1.165, 1.54) is 15.8 Å². The number of hydrogen-bond acceptors (Lipinski definition) is 4. The van der Waals surface area contributed by atoms with Crippen LogP contribution in [-0.2, 0) is 30.7 Å². The summed E-state index contributed by atoms with van der Waals surface area (Å²) in [5.74, 6) is 0.585. The lowest BCUT2D eigenvalue weighted by Gasteiger charge is -2.27. The van der Waals surface area contributed by atoms with Gasteiger partial charge in [-0.3, -0.25) is 14.2 Å². The molecule has 0 unspecified atom stereocenters. The van der Waals surface area contributed by atoms with Crippen molar-refractivity contribution < 1.29 is 4.79 Å². The number of hydrogen-bond donors (Lipinski definition) is 0. The van der Waals surface area contributed by atoms with Gasteiger partial charge in [0.15, 0.2) is 0 Å². The zero-order valence-electron chi connectivity index (χ0n) is 17.2. The van der Waals surface area contributed by atoms with Crippen LogP contribution in [0.5, 0.6) is 0 Å². The van der Waals surface area contributed by atoms with E-state index in [-0.39, 0.29) is 24.1 Å². The van der Waals surface area contributed by atoms with Gasteiger partial charge < -0.3 is 4.90 Å². The first-order valence-electron chi connectivity index (χ1n) is 10.3. The van der Waals surface area contributed by atoms with Crippen LogP contribution in [0.25, 0.3) is 10.2 Å². The Kier molecular flexibility index (Phi) is 5.54.